The summed E-state index contributed by atoms with van der Waals surface area (Å²) >= 11 is 3.46. The fourth-order valence-electron chi connectivity index (χ4n) is 1.84. The first-order chi connectivity index (χ1) is 8.08. The molecular weight excluding hydrogens is 254 g/mol. The van der Waals surface area contributed by atoms with E-state index in [4.69, 9.17) is 10.5 Å². The fraction of sp³-hybridized carbons (Fsp3) is 0.727. The number of anilines is 2. The summed E-state index contributed by atoms with van der Waals surface area (Å²) < 4.78 is 9.99. The van der Waals surface area contributed by atoms with Crippen LogP contribution in [0.1, 0.15) is 20.8 Å². The molecule has 0 spiro atoms. The smallest absolute Gasteiger partial charge is 0.198 e. The van der Waals surface area contributed by atoms with Gasteiger partial charge in [0.25, 0.3) is 0 Å². The Labute approximate surface area is 111 Å². The molecule has 2 N–H and O–H groups in total. The van der Waals surface area contributed by atoms with Gasteiger partial charge in [-0.05, 0) is 25.4 Å². The van der Waals surface area contributed by atoms with Gasteiger partial charge in [0.2, 0.25) is 0 Å². The quantitative estimate of drug-likeness (QED) is 0.917. The summed E-state index contributed by atoms with van der Waals surface area (Å²) in [5.74, 6) is 2.44. The van der Waals surface area contributed by atoms with Crippen LogP contribution in [-0.2, 0) is 0 Å². The molecule has 1 aromatic heterocycles. The SMILES string of the molecule is CC(C)Oc1c(N)nsc1N1CCSC(C)C1. The molecule has 0 aliphatic carbocycles. The van der Waals surface area contributed by atoms with Crippen molar-refractivity contribution in [3.63, 3.8) is 0 Å². The highest BCUT2D eigenvalue weighted by molar-refractivity contribution is 8.00. The van der Waals surface area contributed by atoms with Crippen LogP contribution in [0.25, 0.3) is 0 Å². The molecule has 0 amide bonds. The van der Waals surface area contributed by atoms with Crippen LogP contribution < -0.4 is 15.4 Å². The lowest BCUT2D eigenvalue weighted by molar-refractivity contribution is 0.245. The molecule has 0 aromatic carbocycles. The Morgan fingerprint density at radius 2 is 2.29 bits per heavy atom. The maximum absolute atomic E-state index is 5.87. The van der Waals surface area contributed by atoms with E-state index < -0.39 is 0 Å². The van der Waals surface area contributed by atoms with E-state index in [0.29, 0.717) is 11.1 Å². The molecule has 1 unspecified atom stereocenters. The Kier molecular flexibility index (Phi) is 4.04. The zero-order chi connectivity index (χ0) is 12.4. The average Bonchev–Trinajstić information content (AvgIpc) is 2.60. The molecule has 1 saturated heterocycles. The molecule has 0 bridgehead atoms. The van der Waals surface area contributed by atoms with Gasteiger partial charge >= 0.3 is 0 Å². The fourth-order valence-corrected chi connectivity index (χ4v) is 3.63. The lowest BCUT2D eigenvalue weighted by atomic mass is 10.3. The standard InChI is InChI=1S/C11H19N3OS2/c1-7(2)15-9-10(12)13-17-11(9)14-4-5-16-8(3)6-14/h7-8H,4-6H2,1-3H3,(H2,12,13). The van der Waals surface area contributed by atoms with E-state index in [1.165, 1.54) is 11.5 Å². The average molecular weight is 273 g/mol. The first-order valence-corrected chi connectivity index (χ1v) is 7.68. The molecule has 2 rings (SSSR count). The number of ether oxygens (including phenoxy) is 1. The maximum atomic E-state index is 5.87. The van der Waals surface area contributed by atoms with Crippen LogP contribution in [0.2, 0.25) is 0 Å². The monoisotopic (exact) mass is 273 g/mol. The number of nitrogen functional groups attached to an aromatic ring is 1. The summed E-state index contributed by atoms with van der Waals surface area (Å²) in [4.78, 5) is 2.34. The number of nitrogens with zero attached hydrogens (tertiary/aromatic N) is 2. The Morgan fingerprint density at radius 1 is 1.53 bits per heavy atom. The number of hydrogen-bond acceptors (Lipinski definition) is 6. The number of thioether (sulfide) groups is 1. The predicted molar refractivity (Wildman–Crippen MR) is 76.4 cm³/mol. The summed E-state index contributed by atoms with van der Waals surface area (Å²) in [5, 5.41) is 1.74. The molecule has 1 aromatic rings. The van der Waals surface area contributed by atoms with Crippen LogP contribution in [0.3, 0.4) is 0 Å². The van der Waals surface area contributed by atoms with Gasteiger partial charge in [-0.15, -0.1) is 0 Å². The van der Waals surface area contributed by atoms with Crippen LogP contribution in [0.15, 0.2) is 0 Å². The Balaban J connectivity index is 2.19. The van der Waals surface area contributed by atoms with Gasteiger partial charge in [-0.1, -0.05) is 6.92 Å². The van der Waals surface area contributed by atoms with Gasteiger partial charge in [0.15, 0.2) is 16.6 Å². The second kappa shape index (κ2) is 5.35. The van der Waals surface area contributed by atoms with Gasteiger partial charge in [-0.3, -0.25) is 0 Å². The number of aromatic nitrogens is 1. The van der Waals surface area contributed by atoms with E-state index in [0.717, 1.165) is 29.6 Å². The van der Waals surface area contributed by atoms with E-state index in [2.05, 4.69) is 16.2 Å². The van der Waals surface area contributed by atoms with Crippen molar-refractivity contribution in [2.24, 2.45) is 0 Å². The molecule has 1 fully saturated rings. The highest BCUT2D eigenvalue weighted by atomic mass is 32.2. The molecule has 0 saturated carbocycles. The number of nitrogens with two attached hydrogens (primary N) is 1. The first-order valence-electron chi connectivity index (χ1n) is 5.86. The van der Waals surface area contributed by atoms with Crippen LogP contribution in [0.4, 0.5) is 10.8 Å². The minimum Gasteiger partial charge on any atom is -0.484 e. The van der Waals surface area contributed by atoms with Crippen LogP contribution in [0, 0.1) is 0 Å². The summed E-state index contributed by atoms with van der Waals surface area (Å²) in [6.45, 7) is 8.36. The summed E-state index contributed by atoms with van der Waals surface area (Å²) in [5.41, 5.74) is 5.87. The molecule has 17 heavy (non-hydrogen) atoms. The lowest BCUT2D eigenvalue weighted by Crippen LogP contribution is -2.36. The summed E-state index contributed by atoms with van der Waals surface area (Å²) in [7, 11) is 0. The van der Waals surface area contributed by atoms with Crippen molar-refractivity contribution < 1.29 is 4.74 Å². The van der Waals surface area contributed by atoms with Gasteiger partial charge in [-0.25, -0.2) is 0 Å². The largest absolute Gasteiger partial charge is 0.484 e. The molecule has 1 aliphatic rings. The maximum Gasteiger partial charge on any atom is 0.198 e. The predicted octanol–water partition coefficient (Wildman–Crippen LogP) is 2.45. The second-order valence-corrected chi connectivity index (χ2v) is 6.79. The molecule has 4 nitrogen and oxygen atoms in total. The second-order valence-electron chi connectivity index (χ2n) is 4.50. The third kappa shape index (κ3) is 2.98. The zero-order valence-corrected chi connectivity index (χ0v) is 12.1. The zero-order valence-electron chi connectivity index (χ0n) is 10.5. The van der Waals surface area contributed by atoms with Crippen molar-refractivity contribution in [2.45, 2.75) is 32.1 Å². The van der Waals surface area contributed by atoms with Crippen LogP contribution in [0.5, 0.6) is 5.75 Å². The summed E-state index contributed by atoms with van der Waals surface area (Å²) in [6.07, 6.45) is 0.129. The van der Waals surface area contributed by atoms with E-state index >= 15 is 0 Å². The number of hydrogen-bond donors (Lipinski definition) is 1. The lowest BCUT2D eigenvalue weighted by Gasteiger charge is -2.31. The van der Waals surface area contributed by atoms with E-state index in [1.54, 1.807) is 0 Å². The molecule has 6 heteroatoms. The van der Waals surface area contributed by atoms with Crippen molar-refractivity contribution in [1.29, 1.82) is 0 Å². The minimum absolute atomic E-state index is 0.129. The highest BCUT2D eigenvalue weighted by Crippen LogP contribution is 2.40. The topological polar surface area (TPSA) is 51.4 Å². The highest BCUT2D eigenvalue weighted by Gasteiger charge is 2.24. The van der Waals surface area contributed by atoms with Crippen molar-refractivity contribution in [3.8, 4) is 5.75 Å². The summed E-state index contributed by atoms with van der Waals surface area (Å²) in [6, 6.07) is 0. The molecular formula is C11H19N3OS2. The van der Waals surface area contributed by atoms with Gasteiger partial charge in [0.05, 0.1) is 6.10 Å². The van der Waals surface area contributed by atoms with Crippen molar-refractivity contribution in [3.05, 3.63) is 0 Å². The molecule has 1 atom stereocenters. The van der Waals surface area contributed by atoms with E-state index in [-0.39, 0.29) is 6.10 Å². The van der Waals surface area contributed by atoms with Crippen molar-refractivity contribution in [2.75, 3.05) is 29.5 Å². The van der Waals surface area contributed by atoms with E-state index in [1.807, 2.05) is 25.6 Å². The van der Waals surface area contributed by atoms with E-state index in [9.17, 15) is 0 Å². The molecule has 2 heterocycles. The minimum atomic E-state index is 0.129. The normalized spacial score (nSPS) is 20.9. The Hall–Kier alpha value is -0.620. The third-order valence-electron chi connectivity index (χ3n) is 2.54. The number of rotatable bonds is 3. The van der Waals surface area contributed by atoms with Crippen LogP contribution in [-0.4, -0.2) is 34.6 Å². The van der Waals surface area contributed by atoms with Gasteiger partial charge in [-0.2, -0.15) is 16.1 Å². The first kappa shape index (κ1) is 12.8. The van der Waals surface area contributed by atoms with Crippen molar-refractivity contribution in [1.82, 2.24) is 4.37 Å². The molecule has 1 aliphatic heterocycles. The Morgan fingerprint density at radius 3 is 2.94 bits per heavy atom. The molecule has 0 radical (unpaired) electrons. The van der Waals surface area contributed by atoms with Gasteiger partial charge in [0, 0.05) is 24.1 Å². The van der Waals surface area contributed by atoms with Gasteiger partial charge < -0.3 is 15.4 Å². The third-order valence-corrected chi connectivity index (χ3v) is 4.58. The van der Waals surface area contributed by atoms with Crippen molar-refractivity contribution >= 4 is 34.1 Å². The van der Waals surface area contributed by atoms with Gasteiger partial charge in [0.1, 0.15) is 0 Å². The molecule has 96 valence electrons. The van der Waals surface area contributed by atoms with Crippen LogP contribution >= 0.6 is 23.3 Å². The Bertz CT molecular complexity index is 381.